The van der Waals surface area contributed by atoms with Gasteiger partial charge in [0, 0.05) is 17.6 Å². The van der Waals surface area contributed by atoms with E-state index in [0.29, 0.717) is 17.0 Å². The van der Waals surface area contributed by atoms with Gasteiger partial charge in [-0.3, -0.25) is 4.79 Å². The van der Waals surface area contributed by atoms with Gasteiger partial charge in [-0.2, -0.15) is 0 Å². The monoisotopic (exact) mass is 307 g/mol. The minimum atomic E-state index is -0.186. The maximum atomic E-state index is 12.3. The third kappa shape index (κ3) is 3.58. The third-order valence-electron chi connectivity index (χ3n) is 3.34. The Bertz CT molecular complexity index is 825. The van der Waals surface area contributed by atoms with Gasteiger partial charge in [0.25, 0.3) is 5.91 Å². The minimum Gasteiger partial charge on any atom is -0.466 e. The quantitative estimate of drug-likeness (QED) is 0.754. The van der Waals surface area contributed by atoms with E-state index in [0.717, 1.165) is 17.3 Å². The molecule has 2 aromatic heterocycles. The first-order valence-corrected chi connectivity index (χ1v) is 7.28. The van der Waals surface area contributed by atoms with E-state index in [2.05, 4.69) is 15.6 Å². The minimum absolute atomic E-state index is 0.186. The lowest BCUT2D eigenvalue weighted by Gasteiger charge is -2.08. The van der Waals surface area contributed by atoms with E-state index in [-0.39, 0.29) is 5.91 Å². The second-order valence-electron chi connectivity index (χ2n) is 5.20. The first kappa shape index (κ1) is 14.8. The molecule has 0 saturated heterocycles. The zero-order valence-corrected chi connectivity index (χ0v) is 13.0. The van der Waals surface area contributed by atoms with Gasteiger partial charge in [-0.15, -0.1) is 0 Å². The highest BCUT2D eigenvalue weighted by Gasteiger charge is 2.13. The molecule has 0 saturated carbocycles. The zero-order valence-electron chi connectivity index (χ0n) is 13.0. The Hall–Kier alpha value is -3.08. The van der Waals surface area contributed by atoms with E-state index < -0.39 is 0 Å². The van der Waals surface area contributed by atoms with Crippen LogP contribution in [0.1, 0.15) is 21.9 Å². The maximum Gasteiger partial charge on any atom is 0.259 e. The van der Waals surface area contributed by atoms with Crippen LogP contribution in [0.5, 0.6) is 0 Å². The van der Waals surface area contributed by atoms with Crippen LogP contribution in [0, 0.1) is 13.8 Å². The SMILES string of the molecule is Cc1cc(C(=O)Nc2cccc(Nc3ccccn3)c2)c(C)o1. The molecule has 3 rings (SSSR count). The highest BCUT2D eigenvalue weighted by atomic mass is 16.3. The van der Waals surface area contributed by atoms with Crippen LogP contribution < -0.4 is 10.6 Å². The van der Waals surface area contributed by atoms with Crippen molar-refractivity contribution in [2.75, 3.05) is 10.6 Å². The second-order valence-corrected chi connectivity index (χ2v) is 5.20. The fraction of sp³-hybridized carbons (Fsp3) is 0.111. The maximum absolute atomic E-state index is 12.3. The lowest BCUT2D eigenvalue weighted by molar-refractivity contribution is 0.102. The summed E-state index contributed by atoms with van der Waals surface area (Å²) in [6.45, 7) is 3.60. The lowest BCUT2D eigenvalue weighted by atomic mass is 10.2. The number of nitrogens with one attached hydrogen (secondary N) is 2. The highest BCUT2D eigenvalue weighted by molar-refractivity contribution is 6.05. The number of aryl methyl sites for hydroxylation is 2. The van der Waals surface area contributed by atoms with Gasteiger partial charge in [-0.05, 0) is 50.2 Å². The van der Waals surface area contributed by atoms with Crippen molar-refractivity contribution >= 4 is 23.1 Å². The van der Waals surface area contributed by atoms with Crippen molar-refractivity contribution < 1.29 is 9.21 Å². The van der Waals surface area contributed by atoms with Gasteiger partial charge in [-0.1, -0.05) is 12.1 Å². The fourth-order valence-corrected chi connectivity index (χ4v) is 2.31. The number of benzene rings is 1. The molecule has 0 bridgehead atoms. The summed E-state index contributed by atoms with van der Waals surface area (Å²) in [5, 5.41) is 6.07. The number of hydrogen-bond acceptors (Lipinski definition) is 4. The Morgan fingerprint density at radius 3 is 2.57 bits per heavy atom. The topological polar surface area (TPSA) is 67.2 Å². The summed E-state index contributed by atoms with van der Waals surface area (Å²) in [7, 11) is 0. The first-order chi connectivity index (χ1) is 11.1. The van der Waals surface area contributed by atoms with E-state index in [4.69, 9.17) is 4.42 Å². The van der Waals surface area contributed by atoms with Crippen LogP contribution in [0.2, 0.25) is 0 Å². The van der Waals surface area contributed by atoms with Crippen LogP contribution in [-0.4, -0.2) is 10.9 Å². The molecular weight excluding hydrogens is 290 g/mol. The molecule has 0 aliphatic carbocycles. The third-order valence-corrected chi connectivity index (χ3v) is 3.34. The highest BCUT2D eigenvalue weighted by Crippen LogP contribution is 2.20. The molecule has 0 fully saturated rings. The predicted molar refractivity (Wildman–Crippen MR) is 90.1 cm³/mol. The number of carbonyl (C=O) groups excluding carboxylic acids is 1. The van der Waals surface area contributed by atoms with Crippen LogP contribution in [0.15, 0.2) is 59.1 Å². The summed E-state index contributed by atoms with van der Waals surface area (Å²) in [4.78, 5) is 16.5. The number of hydrogen-bond donors (Lipinski definition) is 2. The molecule has 5 heteroatoms. The molecular formula is C18H17N3O2. The summed E-state index contributed by atoms with van der Waals surface area (Å²) in [5.74, 6) is 1.90. The number of amides is 1. The van der Waals surface area contributed by atoms with E-state index in [9.17, 15) is 4.79 Å². The number of carbonyl (C=O) groups is 1. The van der Waals surface area contributed by atoms with Crippen molar-refractivity contribution in [3.63, 3.8) is 0 Å². The van der Waals surface area contributed by atoms with Crippen LogP contribution in [0.3, 0.4) is 0 Å². The van der Waals surface area contributed by atoms with Crippen molar-refractivity contribution in [1.29, 1.82) is 0 Å². The van der Waals surface area contributed by atoms with Gasteiger partial charge in [0.1, 0.15) is 17.3 Å². The van der Waals surface area contributed by atoms with Crippen molar-refractivity contribution in [3.05, 3.63) is 71.8 Å². The smallest absolute Gasteiger partial charge is 0.259 e. The number of pyridine rings is 1. The first-order valence-electron chi connectivity index (χ1n) is 7.28. The lowest BCUT2D eigenvalue weighted by Crippen LogP contribution is -2.12. The molecule has 116 valence electrons. The summed E-state index contributed by atoms with van der Waals surface area (Å²) >= 11 is 0. The van der Waals surface area contributed by atoms with E-state index in [1.165, 1.54) is 0 Å². The van der Waals surface area contributed by atoms with Gasteiger partial charge >= 0.3 is 0 Å². The summed E-state index contributed by atoms with van der Waals surface area (Å²) < 4.78 is 5.39. The molecule has 0 aliphatic heterocycles. The van der Waals surface area contributed by atoms with Crippen molar-refractivity contribution in [3.8, 4) is 0 Å². The summed E-state index contributed by atoms with van der Waals surface area (Å²) in [6, 6.07) is 14.9. The van der Waals surface area contributed by atoms with Crippen molar-refractivity contribution in [1.82, 2.24) is 4.98 Å². The van der Waals surface area contributed by atoms with Crippen LogP contribution in [0.4, 0.5) is 17.2 Å². The molecule has 23 heavy (non-hydrogen) atoms. The van der Waals surface area contributed by atoms with Crippen LogP contribution >= 0.6 is 0 Å². The van der Waals surface area contributed by atoms with Crippen LogP contribution in [0.25, 0.3) is 0 Å². The number of furan rings is 1. The average Bonchev–Trinajstić information content (AvgIpc) is 2.87. The van der Waals surface area contributed by atoms with E-state index in [1.54, 1.807) is 19.2 Å². The molecule has 0 spiro atoms. The zero-order chi connectivity index (χ0) is 16.2. The molecule has 1 aromatic carbocycles. The molecule has 0 aliphatic rings. The average molecular weight is 307 g/mol. The molecule has 1 amide bonds. The van der Waals surface area contributed by atoms with E-state index >= 15 is 0 Å². The predicted octanol–water partition coefficient (Wildman–Crippen LogP) is 4.29. The standard InChI is InChI=1S/C18H17N3O2/c1-12-10-16(13(2)23-12)18(22)21-15-7-5-6-14(11-15)20-17-8-3-4-9-19-17/h3-11H,1-2H3,(H,19,20)(H,21,22). The largest absolute Gasteiger partial charge is 0.466 e. The van der Waals surface area contributed by atoms with E-state index in [1.807, 2.05) is 49.4 Å². The number of anilines is 3. The van der Waals surface area contributed by atoms with Gasteiger partial charge in [0.2, 0.25) is 0 Å². The van der Waals surface area contributed by atoms with Gasteiger partial charge < -0.3 is 15.1 Å². The molecule has 2 N–H and O–H groups in total. The molecule has 3 aromatic rings. The Morgan fingerprint density at radius 1 is 1.04 bits per heavy atom. The Kier molecular flexibility index (Phi) is 4.10. The van der Waals surface area contributed by atoms with Gasteiger partial charge in [0.15, 0.2) is 0 Å². The van der Waals surface area contributed by atoms with Gasteiger partial charge in [-0.25, -0.2) is 4.98 Å². The molecule has 5 nitrogen and oxygen atoms in total. The molecule has 0 radical (unpaired) electrons. The molecule has 0 unspecified atom stereocenters. The van der Waals surface area contributed by atoms with Crippen molar-refractivity contribution in [2.45, 2.75) is 13.8 Å². The number of nitrogens with zero attached hydrogens (tertiary/aromatic N) is 1. The Balaban J connectivity index is 1.75. The molecule has 0 atom stereocenters. The second kappa shape index (κ2) is 6.36. The van der Waals surface area contributed by atoms with Gasteiger partial charge in [0.05, 0.1) is 5.56 Å². The normalized spacial score (nSPS) is 10.3. The fourth-order valence-electron chi connectivity index (χ4n) is 2.31. The molecule has 2 heterocycles. The number of aromatic nitrogens is 1. The summed E-state index contributed by atoms with van der Waals surface area (Å²) in [5.41, 5.74) is 2.10. The Morgan fingerprint density at radius 2 is 1.87 bits per heavy atom. The summed E-state index contributed by atoms with van der Waals surface area (Å²) in [6.07, 6.45) is 1.72. The number of rotatable bonds is 4. The van der Waals surface area contributed by atoms with Crippen LogP contribution in [-0.2, 0) is 0 Å². The van der Waals surface area contributed by atoms with Crippen molar-refractivity contribution in [2.24, 2.45) is 0 Å². The Labute approximate surface area is 134 Å².